The summed E-state index contributed by atoms with van der Waals surface area (Å²) in [7, 11) is 1.75. The molecule has 2 aliphatic heterocycles. The van der Waals surface area contributed by atoms with E-state index >= 15 is 0 Å². The summed E-state index contributed by atoms with van der Waals surface area (Å²) in [4.78, 5) is 10.3. The van der Waals surface area contributed by atoms with Crippen LogP contribution in [0.5, 0.6) is 0 Å². The molecule has 0 aromatic rings. The molecule has 3 fully saturated rings. The van der Waals surface area contributed by atoms with Crippen molar-refractivity contribution in [2.45, 2.75) is 64.4 Å². The molecule has 0 unspecified atom stereocenters. The van der Waals surface area contributed by atoms with Gasteiger partial charge in [0.05, 0.1) is 19.3 Å². The average Bonchev–Trinajstić information content (AvgIpc) is 2.81. The van der Waals surface area contributed by atoms with Gasteiger partial charge in [-0.1, -0.05) is 19.3 Å². The molecular weight excluding hydrogens is 392 g/mol. The van der Waals surface area contributed by atoms with Crippen LogP contribution in [0.4, 0.5) is 0 Å². The molecule has 1 saturated carbocycles. The zero-order chi connectivity index (χ0) is 21.8. The van der Waals surface area contributed by atoms with Crippen molar-refractivity contribution in [1.82, 2.24) is 15.1 Å². The fourth-order valence-electron chi connectivity index (χ4n) is 5.26. The Morgan fingerprint density at radius 2 is 1.81 bits per heavy atom. The largest absolute Gasteiger partial charge is 0.385 e. The fraction of sp³-hybridized carbons (Fsp3) is 0.958. The van der Waals surface area contributed by atoms with Gasteiger partial charge in [-0.15, -0.1) is 0 Å². The van der Waals surface area contributed by atoms with Crippen LogP contribution in [0.3, 0.4) is 0 Å². The molecular formula is C24H46N4O3. The smallest absolute Gasteiger partial charge is 0.193 e. The predicted molar refractivity (Wildman–Crippen MR) is 126 cm³/mol. The van der Waals surface area contributed by atoms with Crippen LogP contribution < -0.4 is 5.32 Å². The number of piperidine rings is 1. The van der Waals surface area contributed by atoms with Gasteiger partial charge in [-0.3, -0.25) is 9.89 Å². The van der Waals surface area contributed by atoms with Crippen LogP contribution in [0, 0.1) is 5.41 Å². The minimum Gasteiger partial charge on any atom is -0.385 e. The molecule has 0 amide bonds. The molecule has 2 heterocycles. The number of rotatable bonds is 10. The molecule has 1 N–H and O–H groups in total. The van der Waals surface area contributed by atoms with Gasteiger partial charge < -0.3 is 24.4 Å². The van der Waals surface area contributed by atoms with Crippen molar-refractivity contribution in [3.63, 3.8) is 0 Å². The van der Waals surface area contributed by atoms with E-state index in [1.54, 1.807) is 7.11 Å². The Morgan fingerprint density at radius 1 is 1.06 bits per heavy atom. The van der Waals surface area contributed by atoms with Crippen LogP contribution in [0.2, 0.25) is 0 Å². The SMILES string of the molecule is CCNC(=NCC1(CN2CCOCC2)CCCCC1)N1CCC(OCCCOC)CC1. The van der Waals surface area contributed by atoms with Gasteiger partial charge in [0.25, 0.3) is 0 Å². The van der Waals surface area contributed by atoms with E-state index in [-0.39, 0.29) is 0 Å². The molecule has 7 heteroatoms. The van der Waals surface area contributed by atoms with Crippen LogP contribution in [0.1, 0.15) is 58.3 Å². The van der Waals surface area contributed by atoms with E-state index in [0.29, 0.717) is 11.5 Å². The van der Waals surface area contributed by atoms with E-state index in [4.69, 9.17) is 19.2 Å². The van der Waals surface area contributed by atoms with Crippen molar-refractivity contribution < 1.29 is 14.2 Å². The third-order valence-electron chi connectivity index (χ3n) is 7.06. The summed E-state index contributed by atoms with van der Waals surface area (Å²) >= 11 is 0. The molecule has 0 radical (unpaired) electrons. The highest BCUT2D eigenvalue weighted by molar-refractivity contribution is 5.80. The first-order chi connectivity index (χ1) is 15.2. The number of morpholine rings is 1. The average molecular weight is 439 g/mol. The maximum atomic E-state index is 6.05. The number of hydrogen-bond acceptors (Lipinski definition) is 5. The van der Waals surface area contributed by atoms with Crippen molar-refractivity contribution in [2.24, 2.45) is 10.4 Å². The van der Waals surface area contributed by atoms with Crippen LogP contribution in [-0.2, 0) is 14.2 Å². The molecule has 0 aromatic carbocycles. The van der Waals surface area contributed by atoms with E-state index < -0.39 is 0 Å². The topological polar surface area (TPSA) is 58.6 Å². The highest BCUT2D eigenvalue weighted by Crippen LogP contribution is 2.37. The number of guanidine groups is 1. The summed E-state index contributed by atoms with van der Waals surface area (Å²) in [6, 6.07) is 0. The lowest BCUT2D eigenvalue weighted by Crippen LogP contribution is -2.49. The van der Waals surface area contributed by atoms with E-state index in [0.717, 1.165) is 90.9 Å². The Labute approximate surface area is 189 Å². The molecule has 3 aliphatic rings. The van der Waals surface area contributed by atoms with E-state index in [2.05, 4.69) is 22.0 Å². The van der Waals surface area contributed by atoms with Gasteiger partial charge in [-0.2, -0.15) is 0 Å². The Kier molecular flexibility index (Phi) is 10.9. The van der Waals surface area contributed by atoms with Crippen LogP contribution in [0.15, 0.2) is 4.99 Å². The second-order valence-corrected chi connectivity index (χ2v) is 9.52. The van der Waals surface area contributed by atoms with E-state index in [1.807, 2.05) is 0 Å². The van der Waals surface area contributed by atoms with Gasteiger partial charge in [0.2, 0.25) is 0 Å². The lowest BCUT2D eigenvalue weighted by Gasteiger charge is -2.42. The summed E-state index contributed by atoms with van der Waals surface area (Å²) < 4.78 is 16.7. The Hall–Kier alpha value is -0.890. The minimum absolute atomic E-state index is 0.332. The number of methoxy groups -OCH3 is 1. The maximum Gasteiger partial charge on any atom is 0.193 e. The third-order valence-corrected chi connectivity index (χ3v) is 7.06. The monoisotopic (exact) mass is 438 g/mol. The summed E-state index contributed by atoms with van der Waals surface area (Å²) in [6.07, 6.45) is 10.2. The molecule has 2 saturated heterocycles. The molecule has 0 bridgehead atoms. The summed E-state index contributed by atoms with van der Waals surface area (Å²) in [5.41, 5.74) is 0.332. The quantitative estimate of drug-likeness (QED) is 0.322. The van der Waals surface area contributed by atoms with Crippen molar-refractivity contribution in [3.8, 4) is 0 Å². The Morgan fingerprint density at radius 3 is 2.48 bits per heavy atom. The molecule has 7 nitrogen and oxygen atoms in total. The van der Waals surface area contributed by atoms with Gasteiger partial charge in [0, 0.05) is 71.6 Å². The zero-order valence-corrected chi connectivity index (χ0v) is 20.1. The number of hydrogen-bond donors (Lipinski definition) is 1. The van der Waals surface area contributed by atoms with Crippen molar-refractivity contribution >= 4 is 5.96 Å². The summed E-state index contributed by atoms with van der Waals surface area (Å²) in [6.45, 7) is 12.8. The Balaban J connectivity index is 1.54. The Bertz CT molecular complexity index is 511. The first kappa shape index (κ1) is 24.7. The molecule has 31 heavy (non-hydrogen) atoms. The normalized spacial score (nSPS) is 23.8. The third kappa shape index (κ3) is 8.19. The lowest BCUT2D eigenvalue weighted by molar-refractivity contribution is 0.00793. The van der Waals surface area contributed by atoms with Crippen molar-refractivity contribution in [1.29, 1.82) is 0 Å². The van der Waals surface area contributed by atoms with Crippen molar-refractivity contribution in [3.05, 3.63) is 0 Å². The summed E-state index contributed by atoms with van der Waals surface area (Å²) in [5.74, 6) is 1.10. The minimum atomic E-state index is 0.332. The van der Waals surface area contributed by atoms with Gasteiger partial charge in [-0.05, 0) is 39.0 Å². The van der Waals surface area contributed by atoms with Gasteiger partial charge in [-0.25, -0.2) is 0 Å². The lowest BCUT2D eigenvalue weighted by atomic mass is 9.73. The first-order valence-electron chi connectivity index (χ1n) is 12.7. The number of nitrogens with one attached hydrogen (secondary N) is 1. The number of likely N-dealkylation sites (tertiary alicyclic amines) is 1. The molecule has 0 spiro atoms. The number of aliphatic imine (C=N–C) groups is 1. The van der Waals surface area contributed by atoms with Gasteiger partial charge in [0.1, 0.15) is 0 Å². The van der Waals surface area contributed by atoms with E-state index in [1.165, 1.54) is 38.6 Å². The second kappa shape index (κ2) is 13.6. The second-order valence-electron chi connectivity index (χ2n) is 9.52. The molecule has 3 rings (SSSR count). The molecule has 180 valence electrons. The van der Waals surface area contributed by atoms with Crippen LogP contribution >= 0.6 is 0 Å². The standard InChI is InChI=1S/C24H46N4O3/c1-3-25-23(28-12-8-22(9-13-28)31-17-7-16-29-2)26-20-24(10-5-4-6-11-24)21-27-14-18-30-19-15-27/h22H,3-21H2,1-2H3,(H,25,26). The maximum absolute atomic E-state index is 6.05. The van der Waals surface area contributed by atoms with Gasteiger partial charge >= 0.3 is 0 Å². The predicted octanol–water partition coefficient (Wildman–Crippen LogP) is 2.75. The van der Waals surface area contributed by atoms with E-state index in [9.17, 15) is 0 Å². The molecule has 1 aliphatic carbocycles. The zero-order valence-electron chi connectivity index (χ0n) is 20.1. The van der Waals surface area contributed by atoms with Crippen LogP contribution in [-0.4, -0.2) is 101 Å². The van der Waals surface area contributed by atoms with Gasteiger partial charge in [0.15, 0.2) is 5.96 Å². The first-order valence-corrected chi connectivity index (χ1v) is 12.7. The van der Waals surface area contributed by atoms with Crippen LogP contribution in [0.25, 0.3) is 0 Å². The highest BCUT2D eigenvalue weighted by Gasteiger charge is 2.35. The summed E-state index contributed by atoms with van der Waals surface area (Å²) in [5, 5.41) is 3.57. The molecule has 0 atom stereocenters. The number of ether oxygens (including phenoxy) is 3. The number of nitrogens with zero attached hydrogens (tertiary/aromatic N) is 3. The molecule has 0 aromatic heterocycles. The fourth-order valence-corrected chi connectivity index (χ4v) is 5.26. The highest BCUT2D eigenvalue weighted by atomic mass is 16.5. The van der Waals surface area contributed by atoms with Crippen molar-refractivity contribution in [2.75, 3.05) is 79.4 Å².